The number of hydrogen-bond acceptors (Lipinski definition) is 5. The maximum absolute atomic E-state index is 12.1. The Morgan fingerprint density at radius 3 is 2.42 bits per heavy atom. The van der Waals surface area contributed by atoms with Crippen molar-refractivity contribution in [3.8, 4) is 17.2 Å². The molecular formula is C16H11ClF2N2O2S. The van der Waals surface area contributed by atoms with Crippen LogP contribution in [0.25, 0.3) is 11.5 Å². The zero-order valence-electron chi connectivity index (χ0n) is 12.2. The van der Waals surface area contributed by atoms with E-state index in [0.717, 1.165) is 11.1 Å². The summed E-state index contributed by atoms with van der Waals surface area (Å²) in [7, 11) is 0. The molecule has 0 aliphatic carbocycles. The van der Waals surface area contributed by atoms with Crippen LogP contribution in [0, 0.1) is 0 Å². The molecule has 3 aromatic rings. The number of ether oxygens (including phenoxy) is 1. The van der Waals surface area contributed by atoms with Gasteiger partial charge in [-0.15, -0.1) is 10.2 Å². The van der Waals surface area contributed by atoms with E-state index in [-0.39, 0.29) is 5.75 Å². The summed E-state index contributed by atoms with van der Waals surface area (Å²) in [5.74, 6) is 1.11. The number of aromatic nitrogens is 2. The van der Waals surface area contributed by atoms with Gasteiger partial charge in [0, 0.05) is 16.3 Å². The van der Waals surface area contributed by atoms with E-state index in [1.165, 1.54) is 23.9 Å². The van der Waals surface area contributed by atoms with E-state index in [4.69, 9.17) is 16.0 Å². The van der Waals surface area contributed by atoms with Crippen molar-refractivity contribution in [1.29, 1.82) is 0 Å². The monoisotopic (exact) mass is 368 g/mol. The lowest BCUT2D eigenvalue weighted by atomic mass is 10.2. The van der Waals surface area contributed by atoms with E-state index in [1.54, 1.807) is 36.4 Å². The van der Waals surface area contributed by atoms with Gasteiger partial charge in [0.15, 0.2) is 0 Å². The molecule has 0 aliphatic rings. The number of halogens is 3. The first kappa shape index (κ1) is 16.7. The highest BCUT2D eigenvalue weighted by Crippen LogP contribution is 2.27. The Labute approximate surface area is 145 Å². The third-order valence-electron chi connectivity index (χ3n) is 3.01. The average molecular weight is 369 g/mol. The van der Waals surface area contributed by atoms with Crippen LogP contribution in [-0.2, 0) is 5.75 Å². The zero-order valence-corrected chi connectivity index (χ0v) is 13.7. The van der Waals surface area contributed by atoms with Crippen LogP contribution in [0.4, 0.5) is 8.78 Å². The van der Waals surface area contributed by atoms with Gasteiger partial charge in [0.25, 0.3) is 5.22 Å². The van der Waals surface area contributed by atoms with E-state index in [2.05, 4.69) is 14.9 Å². The molecule has 124 valence electrons. The van der Waals surface area contributed by atoms with Gasteiger partial charge in [0.05, 0.1) is 0 Å². The Morgan fingerprint density at radius 1 is 1.04 bits per heavy atom. The van der Waals surface area contributed by atoms with Crippen molar-refractivity contribution in [2.45, 2.75) is 17.6 Å². The fraction of sp³-hybridized carbons (Fsp3) is 0.125. The van der Waals surface area contributed by atoms with E-state index in [1.807, 2.05) is 0 Å². The highest BCUT2D eigenvalue weighted by atomic mass is 35.5. The van der Waals surface area contributed by atoms with Crippen molar-refractivity contribution in [2.24, 2.45) is 0 Å². The Bertz CT molecular complexity index is 795. The van der Waals surface area contributed by atoms with Gasteiger partial charge >= 0.3 is 6.61 Å². The van der Waals surface area contributed by atoms with Crippen molar-refractivity contribution in [3.63, 3.8) is 0 Å². The van der Waals surface area contributed by atoms with Crippen molar-refractivity contribution in [1.82, 2.24) is 10.2 Å². The van der Waals surface area contributed by atoms with Crippen LogP contribution in [0.15, 0.2) is 58.2 Å². The molecule has 0 aliphatic heterocycles. The Morgan fingerprint density at radius 2 is 1.75 bits per heavy atom. The van der Waals surface area contributed by atoms with Gasteiger partial charge in [-0.05, 0) is 42.0 Å². The minimum atomic E-state index is -2.82. The minimum absolute atomic E-state index is 0.126. The number of alkyl halides is 2. The number of benzene rings is 2. The van der Waals surface area contributed by atoms with Crippen LogP contribution in [0.5, 0.6) is 5.75 Å². The quantitative estimate of drug-likeness (QED) is 0.554. The third-order valence-corrected chi connectivity index (χ3v) is 4.15. The van der Waals surface area contributed by atoms with Crippen molar-refractivity contribution in [3.05, 3.63) is 59.1 Å². The standard InChI is InChI=1S/C16H11ClF2N2O2S/c17-12-5-3-11(4-6-12)14-20-21-16(23-14)24-9-10-1-7-13(8-2-10)22-15(18)19/h1-8,15H,9H2. The molecule has 0 spiro atoms. The van der Waals surface area contributed by atoms with Crippen molar-refractivity contribution < 1.29 is 17.9 Å². The van der Waals surface area contributed by atoms with Gasteiger partial charge in [-0.3, -0.25) is 0 Å². The molecule has 0 amide bonds. The van der Waals surface area contributed by atoms with Crippen LogP contribution in [0.2, 0.25) is 5.02 Å². The topological polar surface area (TPSA) is 48.2 Å². The fourth-order valence-electron chi connectivity index (χ4n) is 1.89. The van der Waals surface area contributed by atoms with Crippen molar-refractivity contribution >= 4 is 23.4 Å². The summed E-state index contributed by atoms with van der Waals surface area (Å²) < 4.78 is 34.1. The average Bonchev–Trinajstić information content (AvgIpc) is 3.03. The van der Waals surface area contributed by atoms with Gasteiger partial charge in [0.2, 0.25) is 5.89 Å². The molecule has 0 saturated heterocycles. The van der Waals surface area contributed by atoms with Crippen LogP contribution in [-0.4, -0.2) is 16.8 Å². The van der Waals surface area contributed by atoms with Gasteiger partial charge in [0.1, 0.15) is 5.75 Å². The molecule has 0 fully saturated rings. The highest BCUT2D eigenvalue weighted by Gasteiger charge is 2.10. The molecule has 0 bridgehead atoms. The highest BCUT2D eigenvalue weighted by molar-refractivity contribution is 7.98. The van der Waals surface area contributed by atoms with Crippen LogP contribution < -0.4 is 4.74 Å². The fourth-order valence-corrected chi connectivity index (χ4v) is 2.73. The van der Waals surface area contributed by atoms with Crippen LogP contribution >= 0.6 is 23.4 Å². The molecule has 0 N–H and O–H groups in total. The van der Waals surface area contributed by atoms with E-state index >= 15 is 0 Å². The lowest BCUT2D eigenvalue weighted by Crippen LogP contribution is -2.01. The second-order valence-electron chi connectivity index (χ2n) is 4.69. The summed E-state index contributed by atoms with van der Waals surface area (Å²) in [6.45, 7) is -2.82. The lowest BCUT2D eigenvalue weighted by Gasteiger charge is -2.04. The maximum atomic E-state index is 12.1. The van der Waals surface area contributed by atoms with Crippen LogP contribution in [0.3, 0.4) is 0 Å². The van der Waals surface area contributed by atoms with E-state index in [0.29, 0.717) is 21.9 Å². The lowest BCUT2D eigenvalue weighted by molar-refractivity contribution is -0.0498. The summed E-state index contributed by atoms with van der Waals surface area (Å²) in [6, 6.07) is 13.5. The summed E-state index contributed by atoms with van der Waals surface area (Å²) in [5, 5.41) is 9.02. The summed E-state index contributed by atoms with van der Waals surface area (Å²) in [5.41, 5.74) is 1.71. The molecule has 0 atom stereocenters. The van der Waals surface area contributed by atoms with Crippen LogP contribution in [0.1, 0.15) is 5.56 Å². The van der Waals surface area contributed by atoms with Crippen molar-refractivity contribution in [2.75, 3.05) is 0 Å². The molecule has 8 heteroatoms. The van der Waals surface area contributed by atoms with Gasteiger partial charge in [-0.2, -0.15) is 8.78 Å². The number of thioether (sulfide) groups is 1. The summed E-state index contributed by atoms with van der Waals surface area (Å²) >= 11 is 7.20. The largest absolute Gasteiger partial charge is 0.435 e. The molecule has 1 aromatic heterocycles. The Hall–Kier alpha value is -2.12. The summed E-state index contributed by atoms with van der Waals surface area (Å²) in [4.78, 5) is 0. The first-order chi connectivity index (χ1) is 11.6. The molecular weight excluding hydrogens is 358 g/mol. The Balaban J connectivity index is 1.60. The number of hydrogen-bond donors (Lipinski definition) is 0. The first-order valence-corrected chi connectivity index (χ1v) is 8.22. The molecule has 2 aromatic carbocycles. The number of rotatable bonds is 6. The smallest absolute Gasteiger partial charge is 0.387 e. The first-order valence-electron chi connectivity index (χ1n) is 6.86. The molecule has 24 heavy (non-hydrogen) atoms. The molecule has 3 rings (SSSR count). The van der Waals surface area contributed by atoms with E-state index in [9.17, 15) is 8.78 Å². The normalized spacial score (nSPS) is 11.0. The van der Waals surface area contributed by atoms with Gasteiger partial charge in [-0.25, -0.2) is 0 Å². The maximum Gasteiger partial charge on any atom is 0.387 e. The second-order valence-corrected chi connectivity index (χ2v) is 6.05. The predicted octanol–water partition coefficient (Wildman–Crippen LogP) is 5.28. The third kappa shape index (κ3) is 4.46. The number of nitrogens with zero attached hydrogens (tertiary/aromatic N) is 2. The second kappa shape index (κ2) is 7.63. The Kier molecular flexibility index (Phi) is 5.32. The molecule has 1 heterocycles. The predicted molar refractivity (Wildman–Crippen MR) is 87.4 cm³/mol. The summed E-state index contributed by atoms with van der Waals surface area (Å²) in [6.07, 6.45) is 0. The molecule has 4 nitrogen and oxygen atoms in total. The van der Waals surface area contributed by atoms with Gasteiger partial charge in [-0.1, -0.05) is 35.5 Å². The molecule has 0 unspecified atom stereocenters. The molecule has 0 radical (unpaired) electrons. The zero-order chi connectivity index (χ0) is 16.9. The van der Waals surface area contributed by atoms with E-state index < -0.39 is 6.61 Å². The van der Waals surface area contributed by atoms with Gasteiger partial charge < -0.3 is 9.15 Å². The molecule has 0 saturated carbocycles. The minimum Gasteiger partial charge on any atom is -0.435 e. The SMILES string of the molecule is FC(F)Oc1ccc(CSc2nnc(-c3ccc(Cl)cc3)o2)cc1.